The number of nitrogens with zero attached hydrogens (tertiary/aromatic N) is 1. The Morgan fingerprint density at radius 2 is 1.33 bits per heavy atom. The molecule has 0 radical (unpaired) electrons. The number of nitrogens with two attached hydrogens (primary N) is 4. The van der Waals surface area contributed by atoms with Gasteiger partial charge in [-0.15, -0.1) is 0 Å². The molecule has 0 aliphatic rings. The number of carbonyl (C=O) groups is 5. The van der Waals surface area contributed by atoms with Crippen LogP contribution < -0.4 is 38.9 Å². The van der Waals surface area contributed by atoms with Gasteiger partial charge in [0.1, 0.15) is 18.1 Å². The van der Waals surface area contributed by atoms with E-state index in [1.165, 1.54) is 0 Å². The van der Waals surface area contributed by atoms with E-state index < -0.39 is 66.9 Å². The zero-order valence-electron chi connectivity index (χ0n) is 20.0. The second-order valence-corrected chi connectivity index (χ2v) is 7.98. The summed E-state index contributed by atoms with van der Waals surface area (Å²) in [4.78, 5) is 64.0. The van der Waals surface area contributed by atoms with Crippen LogP contribution in [0.4, 0.5) is 0 Å². The number of hydrogen-bond donors (Lipinski definition) is 10. The summed E-state index contributed by atoms with van der Waals surface area (Å²) in [6.07, 6.45) is 0.990. The lowest BCUT2D eigenvalue weighted by molar-refractivity contribution is -0.144. The fourth-order valence-electron chi connectivity index (χ4n) is 2.96. The molecule has 0 bridgehead atoms. The lowest BCUT2D eigenvalue weighted by Crippen LogP contribution is -2.57. The van der Waals surface area contributed by atoms with Crippen molar-refractivity contribution in [3.05, 3.63) is 0 Å². The van der Waals surface area contributed by atoms with Gasteiger partial charge in [-0.2, -0.15) is 0 Å². The van der Waals surface area contributed by atoms with Crippen molar-refractivity contribution in [2.75, 3.05) is 19.7 Å². The number of aliphatic hydroxyl groups is 1. The monoisotopic (exact) mass is 518 g/mol. The molecule has 0 saturated heterocycles. The molecule has 0 heterocycles. The van der Waals surface area contributed by atoms with Crippen LogP contribution in [0.1, 0.15) is 44.9 Å². The average Bonchev–Trinajstić information content (AvgIpc) is 2.80. The molecule has 36 heavy (non-hydrogen) atoms. The molecule has 206 valence electrons. The lowest BCUT2D eigenvalue weighted by atomic mass is 10.1. The first-order valence-electron chi connectivity index (χ1n) is 11.4. The molecule has 0 aromatic heterocycles. The van der Waals surface area contributed by atoms with E-state index in [-0.39, 0.29) is 31.8 Å². The van der Waals surface area contributed by atoms with Crippen molar-refractivity contribution in [1.29, 1.82) is 0 Å². The number of carboxylic acids is 2. The summed E-state index contributed by atoms with van der Waals surface area (Å²) in [5, 5.41) is 34.0. The number of carboxylic acid groups (broad SMARTS) is 2. The van der Waals surface area contributed by atoms with Crippen LogP contribution >= 0.6 is 0 Å². The van der Waals surface area contributed by atoms with Crippen LogP contribution in [0.25, 0.3) is 0 Å². The number of aliphatic hydroxyl groups excluding tert-OH is 1. The Bertz CT molecular complexity index is 775. The molecule has 14 N–H and O–H groups in total. The quantitative estimate of drug-likeness (QED) is 0.0443. The summed E-state index contributed by atoms with van der Waals surface area (Å²) in [6.45, 7) is -0.348. The van der Waals surface area contributed by atoms with Crippen LogP contribution in [0.15, 0.2) is 4.99 Å². The standard InChI is InChI=1S/C20H38N8O8/c21-8-2-1-4-11(22)16(32)26-12(5-3-9-25-20(23)24)17(33)27-13(6-7-15(30)31)18(34)28-14(10-29)19(35)36/h11-14,29H,1-10,21-22H2,(H,26,32)(H,27,33)(H,28,34)(H,30,31)(H,35,36)(H4,23,24,25). The Morgan fingerprint density at radius 1 is 0.778 bits per heavy atom. The van der Waals surface area contributed by atoms with Crippen LogP contribution in [-0.2, 0) is 24.0 Å². The number of rotatable bonds is 19. The predicted octanol–water partition coefficient (Wildman–Crippen LogP) is -4.11. The number of amides is 3. The van der Waals surface area contributed by atoms with Crippen LogP contribution in [-0.4, -0.2) is 94.8 Å². The topological polar surface area (TPSA) is 299 Å². The largest absolute Gasteiger partial charge is 0.481 e. The van der Waals surface area contributed by atoms with Gasteiger partial charge in [0.25, 0.3) is 0 Å². The number of unbranched alkanes of at least 4 members (excludes halogenated alkanes) is 1. The highest BCUT2D eigenvalue weighted by atomic mass is 16.4. The number of carbonyl (C=O) groups excluding carboxylic acids is 3. The summed E-state index contributed by atoms with van der Waals surface area (Å²) in [6, 6.07) is -5.22. The molecule has 0 aromatic carbocycles. The number of aliphatic carboxylic acids is 2. The van der Waals surface area contributed by atoms with Gasteiger partial charge in [-0.05, 0) is 38.6 Å². The van der Waals surface area contributed by atoms with Gasteiger partial charge in [0.05, 0.1) is 12.6 Å². The second-order valence-electron chi connectivity index (χ2n) is 7.98. The fourth-order valence-corrected chi connectivity index (χ4v) is 2.96. The fraction of sp³-hybridized carbons (Fsp3) is 0.700. The minimum absolute atomic E-state index is 0.0472. The molecule has 0 rings (SSSR count). The number of hydrogen-bond acceptors (Lipinski definition) is 9. The molecule has 0 aliphatic heterocycles. The van der Waals surface area contributed by atoms with Crippen molar-refractivity contribution in [2.24, 2.45) is 27.9 Å². The Morgan fingerprint density at radius 3 is 1.83 bits per heavy atom. The number of guanidine groups is 1. The van der Waals surface area contributed by atoms with Gasteiger partial charge in [0.2, 0.25) is 17.7 Å². The predicted molar refractivity (Wildman–Crippen MR) is 128 cm³/mol. The van der Waals surface area contributed by atoms with Crippen molar-refractivity contribution in [2.45, 2.75) is 69.1 Å². The van der Waals surface area contributed by atoms with Crippen LogP contribution in [0, 0.1) is 0 Å². The van der Waals surface area contributed by atoms with E-state index in [9.17, 15) is 24.0 Å². The van der Waals surface area contributed by atoms with Gasteiger partial charge in [0, 0.05) is 13.0 Å². The minimum atomic E-state index is -1.66. The van der Waals surface area contributed by atoms with E-state index in [2.05, 4.69) is 15.6 Å². The Kier molecular flexibility index (Phi) is 16.1. The van der Waals surface area contributed by atoms with Crippen molar-refractivity contribution < 1.29 is 39.3 Å². The molecule has 16 heteroatoms. The maximum atomic E-state index is 13.0. The summed E-state index contributed by atoms with van der Waals surface area (Å²) < 4.78 is 0. The zero-order chi connectivity index (χ0) is 27.7. The molecule has 4 unspecified atom stereocenters. The van der Waals surface area contributed by atoms with Crippen LogP contribution in [0.2, 0.25) is 0 Å². The van der Waals surface area contributed by atoms with Gasteiger partial charge >= 0.3 is 11.9 Å². The first-order valence-corrected chi connectivity index (χ1v) is 11.4. The highest BCUT2D eigenvalue weighted by Crippen LogP contribution is 2.06. The summed E-state index contributed by atoms with van der Waals surface area (Å²) in [5.41, 5.74) is 21.9. The number of aliphatic imine (C=N–C) groups is 1. The average molecular weight is 519 g/mol. The van der Waals surface area contributed by atoms with Crippen LogP contribution in [0.3, 0.4) is 0 Å². The van der Waals surface area contributed by atoms with Gasteiger partial charge in [0.15, 0.2) is 5.96 Å². The smallest absolute Gasteiger partial charge is 0.328 e. The third-order valence-corrected chi connectivity index (χ3v) is 4.96. The molecule has 4 atom stereocenters. The summed E-state index contributed by atoms with van der Waals surface area (Å²) in [7, 11) is 0. The maximum Gasteiger partial charge on any atom is 0.328 e. The van der Waals surface area contributed by atoms with E-state index in [4.69, 9.17) is 38.3 Å². The SMILES string of the molecule is NCCCCC(N)C(=O)NC(CCCN=C(N)N)C(=O)NC(CCC(=O)O)C(=O)NC(CO)C(=O)O. The molecular weight excluding hydrogens is 480 g/mol. The summed E-state index contributed by atoms with van der Waals surface area (Å²) >= 11 is 0. The van der Waals surface area contributed by atoms with E-state index >= 15 is 0 Å². The third-order valence-electron chi connectivity index (χ3n) is 4.96. The van der Waals surface area contributed by atoms with Crippen molar-refractivity contribution >= 4 is 35.6 Å². The molecular formula is C20H38N8O8. The highest BCUT2D eigenvalue weighted by Gasteiger charge is 2.30. The van der Waals surface area contributed by atoms with Gasteiger partial charge in [-0.1, -0.05) is 6.42 Å². The second kappa shape index (κ2) is 17.9. The molecule has 0 aromatic rings. The Hall–Kier alpha value is -3.50. The first-order chi connectivity index (χ1) is 16.9. The van der Waals surface area contributed by atoms with Gasteiger partial charge < -0.3 is 54.2 Å². The molecule has 0 spiro atoms. The van der Waals surface area contributed by atoms with Crippen molar-refractivity contribution in [3.63, 3.8) is 0 Å². The van der Waals surface area contributed by atoms with Crippen molar-refractivity contribution in [1.82, 2.24) is 16.0 Å². The normalized spacial score (nSPS) is 14.0. The van der Waals surface area contributed by atoms with E-state index in [0.717, 1.165) is 0 Å². The van der Waals surface area contributed by atoms with Crippen molar-refractivity contribution in [3.8, 4) is 0 Å². The Labute approximate surface area is 208 Å². The third kappa shape index (κ3) is 14.0. The van der Waals surface area contributed by atoms with Crippen LogP contribution in [0.5, 0.6) is 0 Å². The minimum Gasteiger partial charge on any atom is -0.481 e. The van der Waals surface area contributed by atoms with Gasteiger partial charge in [-0.3, -0.25) is 24.2 Å². The molecule has 0 aliphatic carbocycles. The van der Waals surface area contributed by atoms with Gasteiger partial charge in [-0.25, -0.2) is 4.79 Å². The highest BCUT2D eigenvalue weighted by molar-refractivity contribution is 5.94. The molecule has 3 amide bonds. The zero-order valence-corrected chi connectivity index (χ0v) is 20.0. The first kappa shape index (κ1) is 32.5. The molecule has 0 saturated carbocycles. The Balaban J connectivity index is 5.54. The van der Waals surface area contributed by atoms with E-state index in [1.807, 2.05) is 5.32 Å². The molecule has 0 fully saturated rings. The van der Waals surface area contributed by atoms with E-state index in [0.29, 0.717) is 25.8 Å². The summed E-state index contributed by atoms with van der Waals surface area (Å²) in [5.74, 6) is -5.41. The van der Waals surface area contributed by atoms with E-state index in [1.54, 1.807) is 0 Å². The number of nitrogens with one attached hydrogen (secondary N) is 3. The lowest BCUT2D eigenvalue weighted by Gasteiger charge is -2.24. The maximum absolute atomic E-state index is 13.0. The molecule has 16 nitrogen and oxygen atoms in total.